The Morgan fingerprint density at radius 3 is 1.58 bits per heavy atom. The number of hydrogen-bond acceptors (Lipinski definition) is 4. The summed E-state index contributed by atoms with van der Waals surface area (Å²) in [5.74, 6) is 1.79. The van der Waals surface area contributed by atoms with Gasteiger partial charge >= 0.3 is 0 Å². The maximum absolute atomic E-state index is 6.26. The third kappa shape index (κ3) is 4.67. The fourth-order valence-electron chi connectivity index (χ4n) is 7.08. The Balaban J connectivity index is 1.16. The second kappa shape index (κ2) is 11.4. The Kier molecular flexibility index (Phi) is 6.42. The summed E-state index contributed by atoms with van der Waals surface area (Å²) in [4.78, 5) is 15.3. The van der Waals surface area contributed by atoms with E-state index >= 15 is 0 Å². The molecule has 0 atom stereocenters. The van der Waals surface area contributed by atoms with Crippen LogP contribution >= 0.6 is 0 Å². The van der Waals surface area contributed by atoms with Crippen molar-refractivity contribution >= 4 is 43.7 Å². The van der Waals surface area contributed by atoms with E-state index in [2.05, 4.69) is 144 Å². The van der Waals surface area contributed by atoms with Crippen molar-refractivity contribution in [1.29, 1.82) is 0 Å². The lowest BCUT2D eigenvalue weighted by Gasteiger charge is -2.12. The number of furan rings is 1. The van der Waals surface area contributed by atoms with Crippen LogP contribution in [0, 0.1) is 0 Å². The van der Waals surface area contributed by atoms with E-state index in [1.807, 2.05) is 30.3 Å². The van der Waals surface area contributed by atoms with Gasteiger partial charge in [-0.3, -0.25) is 0 Å². The Hall–Kier alpha value is -6.85. The highest BCUT2D eigenvalue weighted by molar-refractivity contribution is 6.09. The van der Waals surface area contributed by atoms with Crippen molar-refractivity contribution < 1.29 is 4.42 Å². The average molecular weight is 641 g/mol. The molecule has 0 aliphatic heterocycles. The van der Waals surface area contributed by atoms with Gasteiger partial charge in [0.05, 0.1) is 11.0 Å². The maximum atomic E-state index is 6.26. The topological polar surface area (TPSA) is 56.7 Å². The molecule has 7 aromatic carbocycles. The van der Waals surface area contributed by atoms with Gasteiger partial charge in [-0.05, 0) is 59.7 Å². The van der Waals surface area contributed by atoms with Crippen molar-refractivity contribution in [2.75, 3.05) is 0 Å². The van der Waals surface area contributed by atoms with Gasteiger partial charge in [-0.15, -0.1) is 0 Å². The SMILES string of the molecule is c1ccc(-c2cccc(-c3nc(-c4cccc(-n5c6ccccc6c6ccccc65)c4)nc(-c4ccc5c(c4)oc4ccccc45)n3)c2)cc1. The molecule has 3 aromatic heterocycles. The zero-order valence-corrected chi connectivity index (χ0v) is 26.9. The Morgan fingerprint density at radius 2 is 0.860 bits per heavy atom. The van der Waals surface area contributed by atoms with Crippen LogP contribution in [-0.4, -0.2) is 19.5 Å². The molecular weight excluding hydrogens is 613 g/mol. The van der Waals surface area contributed by atoms with Gasteiger partial charge in [-0.25, -0.2) is 15.0 Å². The van der Waals surface area contributed by atoms with E-state index in [9.17, 15) is 0 Å². The molecule has 0 saturated carbocycles. The number of hydrogen-bond donors (Lipinski definition) is 0. The highest BCUT2D eigenvalue weighted by Gasteiger charge is 2.17. The summed E-state index contributed by atoms with van der Waals surface area (Å²) < 4.78 is 8.58. The molecule has 234 valence electrons. The van der Waals surface area contributed by atoms with Crippen LogP contribution in [0.25, 0.3) is 94.7 Å². The van der Waals surface area contributed by atoms with Crippen LogP contribution in [0.4, 0.5) is 0 Å². The summed E-state index contributed by atoms with van der Waals surface area (Å²) >= 11 is 0. The molecule has 0 unspecified atom stereocenters. The average Bonchev–Trinajstić information content (AvgIpc) is 3.74. The van der Waals surface area contributed by atoms with Gasteiger partial charge in [0.25, 0.3) is 0 Å². The highest BCUT2D eigenvalue weighted by Crippen LogP contribution is 2.35. The minimum absolute atomic E-state index is 0.583. The molecular formula is C45H28N4O. The lowest BCUT2D eigenvalue weighted by atomic mass is 10.0. The zero-order chi connectivity index (χ0) is 33.0. The fourth-order valence-corrected chi connectivity index (χ4v) is 7.08. The molecule has 0 radical (unpaired) electrons. The normalized spacial score (nSPS) is 11.6. The van der Waals surface area contributed by atoms with E-state index in [4.69, 9.17) is 19.4 Å². The number of para-hydroxylation sites is 3. The Labute approximate surface area is 287 Å². The van der Waals surface area contributed by atoms with Crippen LogP contribution in [0.2, 0.25) is 0 Å². The maximum Gasteiger partial charge on any atom is 0.164 e. The fraction of sp³-hybridized carbons (Fsp3) is 0. The smallest absolute Gasteiger partial charge is 0.164 e. The van der Waals surface area contributed by atoms with Crippen LogP contribution in [0.5, 0.6) is 0 Å². The summed E-state index contributed by atoms with van der Waals surface area (Å²) in [6.07, 6.45) is 0. The summed E-state index contributed by atoms with van der Waals surface area (Å²) in [7, 11) is 0. The van der Waals surface area contributed by atoms with Gasteiger partial charge in [0, 0.05) is 43.9 Å². The molecule has 0 fully saturated rings. The van der Waals surface area contributed by atoms with Crippen LogP contribution in [0.1, 0.15) is 0 Å². The van der Waals surface area contributed by atoms with Crippen molar-refractivity contribution in [3.05, 3.63) is 170 Å². The minimum atomic E-state index is 0.583. The van der Waals surface area contributed by atoms with Crippen molar-refractivity contribution in [3.8, 4) is 51.0 Å². The van der Waals surface area contributed by atoms with E-state index in [0.717, 1.165) is 66.5 Å². The van der Waals surface area contributed by atoms with E-state index < -0.39 is 0 Å². The molecule has 3 heterocycles. The van der Waals surface area contributed by atoms with Crippen LogP contribution < -0.4 is 0 Å². The monoisotopic (exact) mass is 640 g/mol. The predicted molar refractivity (Wildman–Crippen MR) is 203 cm³/mol. The molecule has 0 saturated heterocycles. The second-order valence-electron chi connectivity index (χ2n) is 12.5. The van der Waals surface area contributed by atoms with E-state index in [1.54, 1.807) is 0 Å². The van der Waals surface area contributed by atoms with Crippen LogP contribution in [0.15, 0.2) is 174 Å². The number of benzene rings is 7. The van der Waals surface area contributed by atoms with E-state index in [-0.39, 0.29) is 0 Å². The largest absolute Gasteiger partial charge is 0.456 e. The molecule has 0 aliphatic carbocycles. The predicted octanol–water partition coefficient (Wildman–Crippen LogP) is 11.5. The van der Waals surface area contributed by atoms with Crippen molar-refractivity contribution in [2.24, 2.45) is 0 Å². The molecule has 0 aliphatic rings. The molecule has 5 heteroatoms. The third-order valence-corrected chi connectivity index (χ3v) is 9.44. The van der Waals surface area contributed by atoms with E-state index in [0.29, 0.717) is 17.5 Å². The highest BCUT2D eigenvalue weighted by atomic mass is 16.3. The third-order valence-electron chi connectivity index (χ3n) is 9.44. The quantitative estimate of drug-likeness (QED) is 0.188. The van der Waals surface area contributed by atoms with Gasteiger partial charge in [0.15, 0.2) is 17.5 Å². The summed E-state index contributed by atoms with van der Waals surface area (Å²) in [6, 6.07) is 58.6. The molecule has 0 amide bonds. The molecule has 10 rings (SSSR count). The lowest BCUT2D eigenvalue weighted by Crippen LogP contribution is -2.01. The number of rotatable bonds is 5. The van der Waals surface area contributed by atoms with Gasteiger partial charge in [-0.2, -0.15) is 0 Å². The van der Waals surface area contributed by atoms with Crippen LogP contribution in [0.3, 0.4) is 0 Å². The van der Waals surface area contributed by atoms with Gasteiger partial charge in [-0.1, -0.05) is 121 Å². The summed E-state index contributed by atoms with van der Waals surface area (Å²) in [5.41, 5.74) is 9.92. The summed E-state index contributed by atoms with van der Waals surface area (Å²) in [6.45, 7) is 0. The molecule has 0 N–H and O–H groups in total. The second-order valence-corrected chi connectivity index (χ2v) is 12.5. The van der Waals surface area contributed by atoms with Crippen molar-refractivity contribution in [3.63, 3.8) is 0 Å². The summed E-state index contributed by atoms with van der Waals surface area (Å²) in [5, 5.41) is 4.59. The zero-order valence-electron chi connectivity index (χ0n) is 26.9. The molecule has 5 nitrogen and oxygen atoms in total. The number of fused-ring (bicyclic) bond motifs is 6. The number of nitrogens with zero attached hydrogens (tertiary/aromatic N) is 4. The lowest BCUT2D eigenvalue weighted by molar-refractivity contribution is 0.669. The first-order valence-corrected chi connectivity index (χ1v) is 16.7. The number of aromatic nitrogens is 4. The van der Waals surface area contributed by atoms with Crippen molar-refractivity contribution in [2.45, 2.75) is 0 Å². The van der Waals surface area contributed by atoms with Crippen LogP contribution in [-0.2, 0) is 0 Å². The molecule has 10 aromatic rings. The molecule has 50 heavy (non-hydrogen) atoms. The van der Waals surface area contributed by atoms with Gasteiger partial charge in [0.1, 0.15) is 11.2 Å². The van der Waals surface area contributed by atoms with Gasteiger partial charge in [0.2, 0.25) is 0 Å². The minimum Gasteiger partial charge on any atom is -0.456 e. The first-order chi connectivity index (χ1) is 24.8. The first kappa shape index (κ1) is 28.2. The molecule has 0 spiro atoms. The van der Waals surface area contributed by atoms with Crippen molar-refractivity contribution in [1.82, 2.24) is 19.5 Å². The first-order valence-electron chi connectivity index (χ1n) is 16.7. The standard InChI is InChI=1S/C45H28N4O/c1-2-12-29(13-3-1)30-14-10-15-31(26-30)43-46-44(48-45(47-43)33-24-25-38-37-20-6-9-23-41(37)50-42(38)28-33)32-16-11-17-34(27-32)49-39-21-7-4-18-35(39)36-19-5-8-22-40(36)49/h1-28H. The molecule has 0 bridgehead atoms. The van der Waals surface area contributed by atoms with Gasteiger partial charge < -0.3 is 8.98 Å². The Morgan fingerprint density at radius 1 is 0.340 bits per heavy atom. The Bertz CT molecular complexity index is 2830. The van der Waals surface area contributed by atoms with E-state index in [1.165, 1.54) is 10.8 Å².